The van der Waals surface area contributed by atoms with E-state index in [1.165, 1.54) is 17.0 Å². The summed E-state index contributed by atoms with van der Waals surface area (Å²) in [6, 6.07) is 19.6. The second kappa shape index (κ2) is 13.1. The number of halogens is 1. The predicted molar refractivity (Wildman–Crippen MR) is 156 cm³/mol. The molecule has 3 aromatic rings. The fraction of sp³-hybridized carbons (Fsp3) is 0.333. The normalized spacial score (nSPS) is 12.9. The molecule has 0 aromatic heterocycles. The Hall–Kier alpha value is -3.36. The third-order valence-corrected chi connectivity index (χ3v) is 8.87. The minimum atomic E-state index is -4.17. The number of hydrogen-bond acceptors (Lipinski definition) is 4. The molecular formula is C30H36ClN3O4S. The zero-order valence-electron chi connectivity index (χ0n) is 23.0. The van der Waals surface area contributed by atoms with Gasteiger partial charge in [0.25, 0.3) is 10.0 Å². The van der Waals surface area contributed by atoms with Gasteiger partial charge in [-0.25, -0.2) is 8.42 Å². The van der Waals surface area contributed by atoms with E-state index in [1.807, 2.05) is 52.0 Å². The van der Waals surface area contributed by atoms with Gasteiger partial charge in [0.15, 0.2) is 0 Å². The quantitative estimate of drug-likeness (QED) is 0.331. The van der Waals surface area contributed by atoms with Gasteiger partial charge in [-0.1, -0.05) is 72.6 Å². The monoisotopic (exact) mass is 569 g/mol. The maximum atomic E-state index is 14.0. The number of carbonyl (C=O) groups is 2. The van der Waals surface area contributed by atoms with E-state index in [4.69, 9.17) is 11.6 Å². The van der Waals surface area contributed by atoms with Gasteiger partial charge < -0.3 is 10.2 Å². The maximum absolute atomic E-state index is 14.0. The van der Waals surface area contributed by atoms with Crippen LogP contribution in [0.25, 0.3) is 0 Å². The zero-order chi connectivity index (χ0) is 28.7. The molecule has 0 saturated heterocycles. The second-order valence-corrected chi connectivity index (χ2v) is 12.0. The molecule has 0 aliphatic carbocycles. The summed E-state index contributed by atoms with van der Waals surface area (Å²) in [5, 5.41) is 3.12. The summed E-state index contributed by atoms with van der Waals surface area (Å²) in [5.41, 5.74) is 2.90. The van der Waals surface area contributed by atoms with Gasteiger partial charge in [0.1, 0.15) is 12.6 Å². The van der Waals surface area contributed by atoms with Crippen molar-refractivity contribution >= 4 is 39.1 Å². The Morgan fingerprint density at radius 2 is 1.54 bits per heavy atom. The Bertz CT molecular complexity index is 1410. The molecule has 0 fully saturated rings. The molecule has 208 valence electrons. The van der Waals surface area contributed by atoms with Crippen LogP contribution in [-0.4, -0.2) is 43.8 Å². The molecule has 39 heavy (non-hydrogen) atoms. The van der Waals surface area contributed by atoms with E-state index >= 15 is 0 Å². The minimum Gasteiger partial charge on any atom is -0.352 e. The number of hydrogen-bond donors (Lipinski definition) is 1. The highest BCUT2D eigenvalue weighted by atomic mass is 35.5. The number of nitrogens with one attached hydrogen (secondary N) is 1. The van der Waals surface area contributed by atoms with Crippen molar-refractivity contribution in [2.45, 2.75) is 64.6 Å². The molecule has 3 aromatic carbocycles. The van der Waals surface area contributed by atoms with Crippen LogP contribution < -0.4 is 9.62 Å². The highest BCUT2D eigenvalue weighted by Gasteiger charge is 2.33. The smallest absolute Gasteiger partial charge is 0.264 e. The predicted octanol–water partition coefficient (Wildman–Crippen LogP) is 5.48. The number of sulfonamides is 1. The molecule has 0 spiro atoms. The molecular weight excluding hydrogens is 534 g/mol. The van der Waals surface area contributed by atoms with Crippen LogP contribution in [0.5, 0.6) is 0 Å². The number of benzene rings is 3. The third-order valence-electron chi connectivity index (χ3n) is 6.78. The average Bonchev–Trinajstić information content (AvgIpc) is 2.91. The molecule has 3 rings (SSSR count). The Kier molecular flexibility index (Phi) is 10.2. The highest BCUT2D eigenvalue weighted by molar-refractivity contribution is 7.92. The van der Waals surface area contributed by atoms with Gasteiger partial charge in [-0.3, -0.25) is 13.9 Å². The van der Waals surface area contributed by atoms with Gasteiger partial charge >= 0.3 is 0 Å². The molecule has 0 bridgehead atoms. The Labute approximate surface area is 236 Å². The van der Waals surface area contributed by atoms with Crippen LogP contribution >= 0.6 is 11.6 Å². The number of nitrogens with zero attached hydrogens (tertiary/aromatic N) is 2. The lowest BCUT2D eigenvalue weighted by molar-refractivity contribution is -0.139. The fourth-order valence-electron chi connectivity index (χ4n) is 4.02. The van der Waals surface area contributed by atoms with Gasteiger partial charge in [-0.2, -0.15) is 0 Å². The first kappa shape index (κ1) is 30.2. The zero-order valence-corrected chi connectivity index (χ0v) is 24.6. The summed E-state index contributed by atoms with van der Waals surface area (Å²) >= 11 is 6.44. The molecule has 0 heterocycles. The molecule has 7 nitrogen and oxygen atoms in total. The molecule has 0 radical (unpaired) electrons. The molecule has 2 atom stereocenters. The van der Waals surface area contributed by atoms with E-state index in [0.717, 1.165) is 27.4 Å². The van der Waals surface area contributed by atoms with Crippen molar-refractivity contribution in [2.24, 2.45) is 0 Å². The standard InChI is InChI=1S/C30H36ClN3O4S/c1-6-23(4)32-30(36)24(5)33(19-25-12-8-7-11-22(25)3)29(35)20-34(28-14-10-9-13-27(28)31)39(37,38)26-17-15-21(2)16-18-26/h7-18,23-24H,6,19-20H2,1-5H3,(H,32,36)/t23-,24+/m0/s1. The van der Waals surface area contributed by atoms with E-state index in [1.54, 1.807) is 43.3 Å². The van der Waals surface area contributed by atoms with Gasteiger partial charge in [0.05, 0.1) is 15.6 Å². The Morgan fingerprint density at radius 1 is 0.923 bits per heavy atom. The fourth-order valence-corrected chi connectivity index (χ4v) is 5.74. The van der Waals surface area contributed by atoms with E-state index in [9.17, 15) is 18.0 Å². The summed E-state index contributed by atoms with van der Waals surface area (Å²) in [7, 11) is -4.17. The van der Waals surface area contributed by atoms with Crippen molar-refractivity contribution in [3.8, 4) is 0 Å². The van der Waals surface area contributed by atoms with Crippen LogP contribution in [-0.2, 0) is 26.2 Å². The SMILES string of the molecule is CC[C@H](C)NC(=O)[C@@H](C)N(Cc1ccccc1C)C(=O)CN(c1ccccc1Cl)S(=O)(=O)c1ccc(C)cc1. The topological polar surface area (TPSA) is 86.8 Å². The van der Waals surface area contributed by atoms with Crippen LogP contribution in [0.15, 0.2) is 77.7 Å². The summed E-state index contributed by atoms with van der Waals surface area (Å²) in [6.45, 7) is 8.91. The maximum Gasteiger partial charge on any atom is 0.264 e. The van der Waals surface area contributed by atoms with Crippen LogP contribution in [0.4, 0.5) is 5.69 Å². The van der Waals surface area contributed by atoms with Gasteiger partial charge in [0, 0.05) is 12.6 Å². The van der Waals surface area contributed by atoms with E-state index < -0.39 is 28.5 Å². The van der Waals surface area contributed by atoms with Crippen molar-refractivity contribution < 1.29 is 18.0 Å². The molecule has 0 aliphatic rings. The summed E-state index contributed by atoms with van der Waals surface area (Å²) < 4.78 is 28.8. The molecule has 2 amide bonds. The number of anilines is 1. The summed E-state index contributed by atoms with van der Waals surface area (Å²) in [4.78, 5) is 28.6. The van der Waals surface area contributed by atoms with Crippen LogP contribution in [0.3, 0.4) is 0 Å². The largest absolute Gasteiger partial charge is 0.352 e. The van der Waals surface area contributed by atoms with Crippen LogP contribution in [0.1, 0.15) is 43.9 Å². The lowest BCUT2D eigenvalue weighted by Gasteiger charge is -2.33. The second-order valence-electron chi connectivity index (χ2n) is 9.72. The number of amides is 2. The number of rotatable bonds is 11. The van der Waals surface area contributed by atoms with Crippen molar-refractivity contribution in [1.29, 1.82) is 0 Å². The van der Waals surface area contributed by atoms with Crippen molar-refractivity contribution in [1.82, 2.24) is 10.2 Å². The Balaban J connectivity index is 2.05. The van der Waals surface area contributed by atoms with Gasteiger partial charge in [-0.05, 0) is 69.5 Å². The number of aryl methyl sites for hydroxylation is 2. The summed E-state index contributed by atoms with van der Waals surface area (Å²) in [6.07, 6.45) is 0.735. The molecule has 9 heteroatoms. The van der Waals surface area contributed by atoms with Crippen LogP contribution in [0.2, 0.25) is 5.02 Å². The van der Waals surface area contributed by atoms with Gasteiger partial charge in [-0.15, -0.1) is 0 Å². The molecule has 0 saturated carbocycles. The average molecular weight is 570 g/mol. The number of para-hydroxylation sites is 1. The first-order valence-corrected chi connectivity index (χ1v) is 14.8. The first-order valence-electron chi connectivity index (χ1n) is 12.9. The molecule has 0 aliphatic heterocycles. The lowest BCUT2D eigenvalue weighted by atomic mass is 10.1. The summed E-state index contributed by atoms with van der Waals surface area (Å²) in [5.74, 6) is -0.836. The lowest BCUT2D eigenvalue weighted by Crippen LogP contribution is -2.52. The van der Waals surface area contributed by atoms with Crippen LogP contribution in [0, 0.1) is 13.8 Å². The molecule has 0 unspecified atom stereocenters. The van der Waals surface area contributed by atoms with E-state index in [0.29, 0.717) is 0 Å². The minimum absolute atomic E-state index is 0.0360. The Morgan fingerprint density at radius 3 is 2.15 bits per heavy atom. The van der Waals surface area contributed by atoms with Gasteiger partial charge in [0.2, 0.25) is 11.8 Å². The third kappa shape index (κ3) is 7.40. The number of carbonyl (C=O) groups excluding carboxylic acids is 2. The van der Waals surface area contributed by atoms with Crippen molar-refractivity contribution in [3.05, 3.63) is 94.5 Å². The first-order chi connectivity index (χ1) is 18.4. The van der Waals surface area contributed by atoms with E-state index in [-0.39, 0.29) is 34.1 Å². The highest BCUT2D eigenvalue weighted by Crippen LogP contribution is 2.31. The molecule has 1 N–H and O–H groups in total. The van der Waals surface area contributed by atoms with E-state index in [2.05, 4.69) is 5.32 Å². The van der Waals surface area contributed by atoms with Crippen molar-refractivity contribution in [2.75, 3.05) is 10.8 Å². The van der Waals surface area contributed by atoms with Crippen molar-refractivity contribution in [3.63, 3.8) is 0 Å².